The average molecular weight is 482 g/mol. The van der Waals surface area contributed by atoms with E-state index in [0.29, 0.717) is 29.2 Å². The van der Waals surface area contributed by atoms with E-state index < -0.39 is 0 Å². The number of halogens is 2. The monoisotopic (exact) mass is 481 g/mol. The lowest BCUT2D eigenvalue weighted by molar-refractivity contribution is -0.0823. The van der Waals surface area contributed by atoms with E-state index >= 15 is 0 Å². The molecule has 25 heavy (non-hydrogen) atoms. The molecule has 0 aliphatic carbocycles. The molecule has 1 aromatic carbocycles. The van der Waals surface area contributed by atoms with Gasteiger partial charge in [-0.05, 0) is 36.5 Å². The van der Waals surface area contributed by atoms with E-state index in [9.17, 15) is 0 Å². The summed E-state index contributed by atoms with van der Waals surface area (Å²) >= 11 is 6.12. The number of nitrogens with one attached hydrogen (secondary N) is 1. The summed E-state index contributed by atoms with van der Waals surface area (Å²) in [7, 11) is 1.59. The van der Waals surface area contributed by atoms with Gasteiger partial charge < -0.3 is 20.5 Å². The lowest BCUT2D eigenvalue weighted by Crippen LogP contribution is -2.41. The Hall–Kier alpha value is -0.730. The fourth-order valence-electron chi connectivity index (χ4n) is 3.13. The Bertz CT molecular complexity index is 590. The van der Waals surface area contributed by atoms with Crippen LogP contribution in [0.5, 0.6) is 5.75 Å². The zero-order valence-electron chi connectivity index (χ0n) is 15.3. The molecule has 1 saturated heterocycles. The summed E-state index contributed by atoms with van der Waals surface area (Å²) in [6.07, 6.45) is 2.40. The smallest absolute Gasteiger partial charge is 0.193 e. The fourth-order valence-corrected chi connectivity index (χ4v) is 3.39. The lowest BCUT2D eigenvalue weighted by atomic mass is 9.78. The van der Waals surface area contributed by atoms with Gasteiger partial charge in [0.15, 0.2) is 5.96 Å². The summed E-state index contributed by atoms with van der Waals surface area (Å²) in [4.78, 5) is 4.51. The highest BCUT2D eigenvalue weighted by atomic mass is 127. The van der Waals surface area contributed by atoms with Gasteiger partial charge in [0.2, 0.25) is 0 Å². The molecule has 0 bridgehead atoms. The van der Waals surface area contributed by atoms with Crippen molar-refractivity contribution in [2.75, 3.05) is 25.6 Å². The van der Waals surface area contributed by atoms with E-state index in [2.05, 4.69) is 31.1 Å². The van der Waals surface area contributed by atoms with Crippen LogP contribution < -0.4 is 15.8 Å². The summed E-state index contributed by atoms with van der Waals surface area (Å²) < 4.78 is 11.1. The zero-order valence-corrected chi connectivity index (χ0v) is 18.4. The summed E-state index contributed by atoms with van der Waals surface area (Å²) in [5.41, 5.74) is 6.91. The molecule has 1 heterocycles. The number of hydrogen-bond acceptors (Lipinski definition) is 3. The highest BCUT2D eigenvalue weighted by molar-refractivity contribution is 14.0. The minimum atomic E-state index is 0. The van der Waals surface area contributed by atoms with Gasteiger partial charge in [0.1, 0.15) is 5.75 Å². The van der Waals surface area contributed by atoms with Crippen molar-refractivity contribution in [3.05, 3.63) is 23.2 Å². The molecule has 0 saturated carbocycles. The lowest BCUT2D eigenvalue weighted by Gasteiger charge is -2.39. The topological polar surface area (TPSA) is 68.9 Å². The van der Waals surface area contributed by atoms with Crippen LogP contribution >= 0.6 is 35.6 Å². The van der Waals surface area contributed by atoms with Gasteiger partial charge >= 0.3 is 0 Å². The number of nitrogens with two attached hydrogens (primary N) is 1. The Morgan fingerprint density at radius 2 is 2.16 bits per heavy atom. The van der Waals surface area contributed by atoms with Crippen molar-refractivity contribution < 1.29 is 9.47 Å². The molecule has 1 fully saturated rings. The maximum Gasteiger partial charge on any atom is 0.193 e. The third-order valence-electron chi connectivity index (χ3n) is 4.22. The van der Waals surface area contributed by atoms with E-state index in [1.54, 1.807) is 19.2 Å². The van der Waals surface area contributed by atoms with Crippen molar-refractivity contribution in [2.24, 2.45) is 22.1 Å². The first-order chi connectivity index (χ1) is 11.3. The largest absolute Gasteiger partial charge is 0.495 e. The van der Waals surface area contributed by atoms with Gasteiger partial charge in [-0.25, -0.2) is 0 Å². The second-order valence-electron chi connectivity index (χ2n) is 7.26. The Morgan fingerprint density at radius 1 is 1.44 bits per heavy atom. The minimum Gasteiger partial charge on any atom is -0.495 e. The fraction of sp³-hybridized carbons (Fsp3) is 0.611. The first-order valence-corrected chi connectivity index (χ1v) is 8.71. The van der Waals surface area contributed by atoms with Gasteiger partial charge in [-0.15, -0.1) is 24.0 Å². The molecule has 7 heteroatoms. The second-order valence-corrected chi connectivity index (χ2v) is 7.67. The van der Waals surface area contributed by atoms with E-state index in [-0.39, 0.29) is 35.5 Å². The van der Waals surface area contributed by atoms with Gasteiger partial charge in [0, 0.05) is 24.8 Å². The van der Waals surface area contributed by atoms with Gasteiger partial charge in [0.05, 0.1) is 18.2 Å². The summed E-state index contributed by atoms with van der Waals surface area (Å²) in [5.74, 6) is 1.40. The molecule has 1 aliphatic heterocycles. The molecule has 1 aromatic rings. The highest BCUT2D eigenvalue weighted by Crippen LogP contribution is 2.34. The number of ether oxygens (including phenoxy) is 2. The van der Waals surface area contributed by atoms with Crippen molar-refractivity contribution in [3.8, 4) is 5.75 Å². The molecule has 3 N–H and O–H groups in total. The number of aliphatic imine (C=N–C) groups is 1. The first-order valence-electron chi connectivity index (χ1n) is 8.33. The average Bonchev–Trinajstić information content (AvgIpc) is 2.52. The summed E-state index contributed by atoms with van der Waals surface area (Å²) in [6.45, 7) is 8.12. The predicted octanol–water partition coefficient (Wildman–Crippen LogP) is 4.53. The number of nitrogens with zero attached hydrogens (tertiary/aromatic N) is 1. The number of anilines is 1. The first kappa shape index (κ1) is 22.3. The van der Waals surface area contributed by atoms with Crippen LogP contribution in [0.25, 0.3) is 0 Å². The summed E-state index contributed by atoms with van der Waals surface area (Å²) in [6, 6.07) is 5.42. The van der Waals surface area contributed by atoms with Crippen molar-refractivity contribution in [1.29, 1.82) is 0 Å². The highest BCUT2D eigenvalue weighted by Gasteiger charge is 2.35. The molecule has 0 aromatic heterocycles. The van der Waals surface area contributed by atoms with Crippen molar-refractivity contribution in [3.63, 3.8) is 0 Å². The SMILES string of the molecule is COc1ccc(NC(N)=NCC2CCCOC2C(C)(C)C)cc1Cl.I. The maximum absolute atomic E-state index is 6.12. The Labute approximate surface area is 172 Å². The predicted molar refractivity (Wildman–Crippen MR) is 115 cm³/mol. The Morgan fingerprint density at radius 3 is 2.76 bits per heavy atom. The van der Waals surface area contributed by atoms with Crippen LogP contribution in [0, 0.1) is 11.3 Å². The zero-order chi connectivity index (χ0) is 17.7. The number of methoxy groups -OCH3 is 1. The summed E-state index contributed by atoms with van der Waals surface area (Å²) in [5, 5.41) is 3.61. The molecule has 1 aliphatic rings. The van der Waals surface area contributed by atoms with Crippen LogP contribution in [0.15, 0.2) is 23.2 Å². The van der Waals surface area contributed by atoms with Crippen LogP contribution in [-0.2, 0) is 4.74 Å². The van der Waals surface area contributed by atoms with Gasteiger partial charge in [0.25, 0.3) is 0 Å². The van der Waals surface area contributed by atoms with Crippen LogP contribution in [0.4, 0.5) is 5.69 Å². The molecule has 2 rings (SSSR count). The minimum absolute atomic E-state index is 0. The molecular weight excluding hydrogens is 453 g/mol. The van der Waals surface area contributed by atoms with Crippen LogP contribution in [0.1, 0.15) is 33.6 Å². The molecule has 0 amide bonds. The standard InChI is InChI=1S/C18H28ClN3O2.HI/c1-18(2,3)16-12(6-5-9-24-16)11-21-17(20)22-13-7-8-15(23-4)14(19)10-13;/h7-8,10,12,16H,5-6,9,11H2,1-4H3,(H3,20,21,22);1H. The van der Waals surface area contributed by atoms with Crippen LogP contribution in [-0.4, -0.2) is 32.3 Å². The van der Waals surface area contributed by atoms with Crippen molar-refractivity contribution in [2.45, 2.75) is 39.7 Å². The van der Waals surface area contributed by atoms with E-state index in [1.165, 1.54) is 0 Å². The molecule has 0 spiro atoms. The Kier molecular flexibility index (Phi) is 8.77. The molecule has 2 unspecified atom stereocenters. The van der Waals surface area contributed by atoms with Crippen molar-refractivity contribution >= 4 is 47.2 Å². The van der Waals surface area contributed by atoms with Crippen LogP contribution in [0.3, 0.4) is 0 Å². The molecular formula is C18H29ClIN3O2. The normalized spacial score (nSPS) is 21.4. The molecule has 2 atom stereocenters. The van der Waals surface area contributed by atoms with Gasteiger partial charge in [-0.2, -0.15) is 0 Å². The Balaban J connectivity index is 0.00000312. The molecule has 0 radical (unpaired) electrons. The van der Waals surface area contributed by atoms with Gasteiger partial charge in [-0.3, -0.25) is 4.99 Å². The maximum atomic E-state index is 6.12. The van der Waals surface area contributed by atoms with E-state index in [0.717, 1.165) is 25.1 Å². The van der Waals surface area contributed by atoms with Gasteiger partial charge in [-0.1, -0.05) is 32.4 Å². The van der Waals surface area contributed by atoms with Crippen molar-refractivity contribution in [1.82, 2.24) is 0 Å². The third kappa shape index (κ3) is 6.49. The number of guanidine groups is 1. The number of rotatable bonds is 4. The van der Waals surface area contributed by atoms with Crippen LogP contribution in [0.2, 0.25) is 5.02 Å². The number of benzene rings is 1. The second kappa shape index (κ2) is 9.83. The molecule has 142 valence electrons. The molecule has 5 nitrogen and oxygen atoms in total. The quantitative estimate of drug-likeness (QED) is 0.376. The third-order valence-corrected chi connectivity index (χ3v) is 4.51. The van der Waals surface area contributed by atoms with E-state index in [1.807, 2.05) is 6.07 Å². The number of hydrogen-bond donors (Lipinski definition) is 2. The van der Waals surface area contributed by atoms with E-state index in [4.69, 9.17) is 26.8 Å².